The number of carboxylic acid groups (broad SMARTS) is 1. The molecule has 1 fully saturated rings. The highest BCUT2D eigenvalue weighted by Crippen LogP contribution is 2.38. The third kappa shape index (κ3) is 6.46. The fourth-order valence-corrected chi connectivity index (χ4v) is 5.65. The summed E-state index contributed by atoms with van der Waals surface area (Å²) in [5.41, 5.74) is 2.24. The summed E-state index contributed by atoms with van der Waals surface area (Å²) in [4.78, 5) is 21.2. The SMILES string of the molecule is COc1ccc2ncc(N(C)C)c(CCCC3(C(=O)O)CCN(CCCc4cc(F)cc(F)c4F)CC3)c2c1. The number of carbonyl (C=O) groups is 1. The van der Waals surface area contributed by atoms with Crippen molar-refractivity contribution in [1.29, 1.82) is 0 Å². The number of fused-ring (bicyclic) bond motifs is 1. The molecule has 2 aromatic carbocycles. The molecule has 210 valence electrons. The first-order valence-electron chi connectivity index (χ1n) is 13.4. The largest absolute Gasteiger partial charge is 0.497 e. The third-order valence-corrected chi connectivity index (χ3v) is 7.98. The molecule has 0 amide bonds. The van der Waals surface area contributed by atoms with Gasteiger partial charge in [-0.1, -0.05) is 0 Å². The lowest BCUT2D eigenvalue weighted by Gasteiger charge is -2.39. The van der Waals surface area contributed by atoms with Gasteiger partial charge in [-0.2, -0.15) is 0 Å². The number of aryl methyl sites for hydroxylation is 2. The first-order valence-corrected chi connectivity index (χ1v) is 13.4. The second kappa shape index (κ2) is 12.2. The van der Waals surface area contributed by atoms with Crippen LogP contribution >= 0.6 is 0 Å². The Labute approximate surface area is 227 Å². The highest BCUT2D eigenvalue weighted by molar-refractivity contribution is 5.88. The number of benzene rings is 2. The second-order valence-corrected chi connectivity index (χ2v) is 10.6. The molecule has 3 aromatic rings. The van der Waals surface area contributed by atoms with Crippen molar-refractivity contribution in [3.63, 3.8) is 0 Å². The van der Waals surface area contributed by atoms with E-state index in [4.69, 9.17) is 4.74 Å². The number of pyridine rings is 1. The lowest BCUT2D eigenvalue weighted by molar-refractivity contribution is -0.152. The first-order chi connectivity index (χ1) is 18.6. The van der Waals surface area contributed by atoms with E-state index >= 15 is 0 Å². The van der Waals surface area contributed by atoms with Gasteiger partial charge in [0.1, 0.15) is 11.6 Å². The van der Waals surface area contributed by atoms with E-state index in [2.05, 4.69) is 9.88 Å². The number of carboxylic acids is 1. The Hall–Kier alpha value is -3.33. The molecule has 0 aliphatic carbocycles. The van der Waals surface area contributed by atoms with Crippen molar-refractivity contribution < 1.29 is 27.8 Å². The van der Waals surface area contributed by atoms with Gasteiger partial charge in [-0.3, -0.25) is 9.78 Å². The molecule has 0 bridgehead atoms. The molecule has 39 heavy (non-hydrogen) atoms. The zero-order valence-electron chi connectivity index (χ0n) is 22.8. The van der Waals surface area contributed by atoms with Gasteiger partial charge in [0.15, 0.2) is 11.6 Å². The second-order valence-electron chi connectivity index (χ2n) is 10.6. The van der Waals surface area contributed by atoms with Gasteiger partial charge in [0, 0.05) is 25.5 Å². The predicted octanol–water partition coefficient (Wildman–Crippen LogP) is 5.85. The summed E-state index contributed by atoms with van der Waals surface area (Å²) in [7, 11) is 5.58. The van der Waals surface area contributed by atoms with Crippen LogP contribution in [0.15, 0.2) is 36.5 Å². The van der Waals surface area contributed by atoms with Crippen molar-refractivity contribution in [2.24, 2.45) is 5.41 Å². The molecule has 0 unspecified atom stereocenters. The minimum atomic E-state index is -1.18. The fraction of sp³-hybridized carbons (Fsp3) is 0.467. The van der Waals surface area contributed by atoms with Gasteiger partial charge in [0.05, 0.1) is 29.9 Å². The Balaban J connectivity index is 1.37. The lowest BCUT2D eigenvalue weighted by atomic mass is 9.74. The van der Waals surface area contributed by atoms with Crippen molar-refractivity contribution in [3.8, 4) is 5.75 Å². The summed E-state index contributed by atoms with van der Waals surface area (Å²) in [5.74, 6) is -2.98. The van der Waals surface area contributed by atoms with Gasteiger partial charge in [0.25, 0.3) is 0 Å². The maximum Gasteiger partial charge on any atom is 0.309 e. The van der Waals surface area contributed by atoms with Crippen LogP contribution in [0, 0.1) is 22.9 Å². The summed E-state index contributed by atoms with van der Waals surface area (Å²) in [5, 5.41) is 11.2. The summed E-state index contributed by atoms with van der Waals surface area (Å²) in [6, 6.07) is 7.39. The highest BCUT2D eigenvalue weighted by atomic mass is 19.2. The van der Waals surface area contributed by atoms with Gasteiger partial charge < -0.3 is 19.6 Å². The normalized spacial score (nSPS) is 15.4. The average Bonchev–Trinajstić information content (AvgIpc) is 2.91. The zero-order valence-corrected chi connectivity index (χ0v) is 22.8. The molecule has 0 radical (unpaired) electrons. The van der Waals surface area contributed by atoms with Crippen LogP contribution in [-0.2, 0) is 17.6 Å². The monoisotopic (exact) mass is 543 g/mol. The number of halogens is 3. The topological polar surface area (TPSA) is 65.9 Å². The van der Waals surface area contributed by atoms with Gasteiger partial charge in [-0.25, -0.2) is 13.2 Å². The number of rotatable bonds is 11. The quantitative estimate of drug-likeness (QED) is 0.306. The number of anilines is 1. The van der Waals surface area contributed by atoms with E-state index in [0.717, 1.165) is 34.0 Å². The number of hydrogen-bond donors (Lipinski definition) is 1. The summed E-state index contributed by atoms with van der Waals surface area (Å²) in [6.45, 7) is 1.85. The average molecular weight is 544 g/mol. The van der Waals surface area contributed by atoms with Crippen molar-refractivity contribution in [2.45, 2.75) is 44.9 Å². The summed E-state index contributed by atoms with van der Waals surface area (Å²) < 4.78 is 46.3. The van der Waals surface area contributed by atoms with Crippen LogP contribution < -0.4 is 9.64 Å². The Morgan fingerprint density at radius 1 is 1.10 bits per heavy atom. The maximum atomic E-state index is 13.9. The fourth-order valence-electron chi connectivity index (χ4n) is 5.65. The molecular weight excluding hydrogens is 507 g/mol. The molecule has 2 heterocycles. The van der Waals surface area contributed by atoms with E-state index in [-0.39, 0.29) is 12.0 Å². The Morgan fingerprint density at radius 2 is 1.85 bits per heavy atom. The molecular formula is C30H36F3N3O3. The van der Waals surface area contributed by atoms with Gasteiger partial charge in [-0.05, 0) is 100.0 Å². The molecule has 0 saturated carbocycles. The van der Waals surface area contributed by atoms with Gasteiger partial charge in [-0.15, -0.1) is 0 Å². The highest BCUT2D eigenvalue weighted by Gasteiger charge is 2.40. The van der Waals surface area contributed by atoms with Crippen molar-refractivity contribution in [2.75, 3.05) is 45.7 Å². The van der Waals surface area contributed by atoms with E-state index in [9.17, 15) is 23.1 Å². The van der Waals surface area contributed by atoms with E-state index in [1.807, 2.05) is 43.4 Å². The van der Waals surface area contributed by atoms with Crippen LogP contribution in [0.25, 0.3) is 10.9 Å². The molecule has 4 rings (SSSR count). The van der Waals surface area contributed by atoms with Crippen LogP contribution in [0.1, 0.15) is 43.2 Å². The van der Waals surface area contributed by atoms with Gasteiger partial charge >= 0.3 is 5.97 Å². The third-order valence-electron chi connectivity index (χ3n) is 7.98. The number of nitrogens with zero attached hydrogens (tertiary/aromatic N) is 3. The smallest absolute Gasteiger partial charge is 0.309 e. The van der Waals surface area contributed by atoms with E-state index < -0.39 is 28.8 Å². The maximum absolute atomic E-state index is 13.9. The minimum Gasteiger partial charge on any atom is -0.497 e. The number of ether oxygens (including phenoxy) is 1. The number of hydrogen-bond acceptors (Lipinski definition) is 5. The number of methoxy groups -OCH3 is 1. The number of likely N-dealkylation sites (tertiary alicyclic amines) is 1. The molecule has 0 spiro atoms. The lowest BCUT2D eigenvalue weighted by Crippen LogP contribution is -2.44. The van der Waals surface area contributed by atoms with Crippen molar-refractivity contribution in [3.05, 3.63) is 65.1 Å². The van der Waals surface area contributed by atoms with Gasteiger partial charge in [0.2, 0.25) is 0 Å². The summed E-state index contributed by atoms with van der Waals surface area (Å²) in [6.07, 6.45) is 5.66. The van der Waals surface area contributed by atoms with Crippen molar-refractivity contribution >= 4 is 22.6 Å². The standard InChI is InChI=1S/C30H36F3N3O3/c1-35(2)27-19-34-26-9-8-22(39-3)18-24(26)23(27)7-4-10-30(29(37)38)11-14-36(15-12-30)13-5-6-20-16-21(31)17-25(32)28(20)33/h8-9,16-19H,4-7,10-15H2,1-3H3,(H,37,38). The molecule has 6 nitrogen and oxygen atoms in total. The molecule has 1 aliphatic heterocycles. The Kier molecular flexibility index (Phi) is 9.00. The number of piperidine rings is 1. The molecule has 1 saturated heterocycles. The number of aromatic nitrogens is 1. The van der Waals surface area contributed by atoms with E-state index in [0.29, 0.717) is 64.2 Å². The Bertz CT molecular complexity index is 1320. The molecule has 1 aromatic heterocycles. The molecule has 1 N–H and O–H groups in total. The zero-order chi connectivity index (χ0) is 28.2. The molecule has 0 atom stereocenters. The number of aliphatic carboxylic acids is 1. The molecule has 9 heteroatoms. The van der Waals surface area contributed by atoms with E-state index in [1.54, 1.807) is 7.11 Å². The minimum absolute atomic E-state index is 0.0303. The first kappa shape index (κ1) is 28.7. The van der Waals surface area contributed by atoms with Crippen LogP contribution in [0.2, 0.25) is 0 Å². The molecule has 1 aliphatic rings. The van der Waals surface area contributed by atoms with Crippen LogP contribution in [0.4, 0.5) is 18.9 Å². The van der Waals surface area contributed by atoms with Crippen molar-refractivity contribution in [1.82, 2.24) is 9.88 Å². The van der Waals surface area contributed by atoms with Crippen LogP contribution in [0.5, 0.6) is 5.75 Å². The van der Waals surface area contributed by atoms with E-state index in [1.165, 1.54) is 0 Å². The Morgan fingerprint density at radius 3 is 2.51 bits per heavy atom. The van der Waals surface area contributed by atoms with Crippen LogP contribution in [-0.4, -0.2) is 61.8 Å². The predicted molar refractivity (Wildman–Crippen MR) is 146 cm³/mol. The summed E-state index contributed by atoms with van der Waals surface area (Å²) >= 11 is 0. The van der Waals surface area contributed by atoms with Crippen LogP contribution in [0.3, 0.4) is 0 Å².